The van der Waals surface area contributed by atoms with Gasteiger partial charge in [0.2, 0.25) is 0 Å². The Labute approximate surface area is 115 Å². The van der Waals surface area contributed by atoms with Crippen LogP contribution in [0.2, 0.25) is 5.02 Å². The van der Waals surface area contributed by atoms with E-state index in [1.165, 1.54) is 0 Å². The Bertz CT molecular complexity index is 381. The van der Waals surface area contributed by atoms with Gasteiger partial charge in [0.15, 0.2) is 0 Å². The molecule has 1 heterocycles. The molecular weight excluding hydrogens is 248 g/mol. The standard InChI is InChI=1S/C14H25ClN2O/c1-5-8-14(18,9-6-2)10-12-13(15)11(4)16-17(12)7-3/h18H,5-10H2,1-4H3. The van der Waals surface area contributed by atoms with Crippen LogP contribution in [0, 0.1) is 6.92 Å². The molecule has 0 aliphatic carbocycles. The summed E-state index contributed by atoms with van der Waals surface area (Å²) in [5.41, 5.74) is 1.18. The number of hydrogen-bond donors (Lipinski definition) is 1. The Morgan fingerprint density at radius 3 is 2.22 bits per heavy atom. The first-order valence-corrected chi connectivity index (χ1v) is 7.29. The Hall–Kier alpha value is -0.540. The summed E-state index contributed by atoms with van der Waals surface area (Å²) in [5.74, 6) is 0. The van der Waals surface area contributed by atoms with Crippen molar-refractivity contribution in [1.82, 2.24) is 9.78 Å². The van der Waals surface area contributed by atoms with Gasteiger partial charge in [-0.3, -0.25) is 4.68 Å². The van der Waals surface area contributed by atoms with Crippen LogP contribution in [0.15, 0.2) is 0 Å². The number of hydrogen-bond acceptors (Lipinski definition) is 2. The number of rotatable bonds is 7. The third kappa shape index (κ3) is 3.48. The summed E-state index contributed by atoms with van der Waals surface area (Å²) in [6.45, 7) is 8.95. The fraction of sp³-hybridized carbons (Fsp3) is 0.786. The topological polar surface area (TPSA) is 38.1 Å². The second kappa shape index (κ2) is 6.58. The lowest BCUT2D eigenvalue weighted by molar-refractivity contribution is 0.0198. The maximum atomic E-state index is 10.7. The van der Waals surface area contributed by atoms with E-state index in [9.17, 15) is 5.11 Å². The minimum absolute atomic E-state index is 0.599. The second-order valence-electron chi connectivity index (χ2n) is 5.06. The molecule has 0 aliphatic rings. The van der Waals surface area contributed by atoms with Gasteiger partial charge in [0, 0.05) is 13.0 Å². The van der Waals surface area contributed by atoms with Gasteiger partial charge in [-0.2, -0.15) is 5.10 Å². The molecule has 0 saturated carbocycles. The van der Waals surface area contributed by atoms with E-state index in [2.05, 4.69) is 18.9 Å². The van der Waals surface area contributed by atoms with Gasteiger partial charge in [-0.15, -0.1) is 0 Å². The van der Waals surface area contributed by atoms with Crippen LogP contribution < -0.4 is 0 Å². The van der Waals surface area contributed by atoms with E-state index in [1.807, 2.05) is 18.5 Å². The molecule has 1 N–H and O–H groups in total. The van der Waals surface area contributed by atoms with Gasteiger partial charge in [0.1, 0.15) is 0 Å². The SMILES string of the molecule is CCCC(O)(CCC)Cc1c(Cl)c(C)nn1CC. The summed E-state index contributed by atoms with van der Waals surface area (Å²) >= 11 is 6.30. The van der Waals surface area contributed by atoms with Gasteiger partial charge in [0.25, 0.3) is 0 Å². The first-order chi connectivity index (χ1) is 8.47. The molecule has 0 saturated heterocycles. The third-order valence-corrected chi connectivity index (χ3v) is 3.87. The lowest BCUT2D eigenvalue weighted by atomic mass is 9.88. The molecule has 104 valence electrons. The quantitative estimate of drug-likeness (QED) is 0.821. The van der Waals surface area contributed by atoms with Crippen molar-refractivity contribution < 1.29 is 5.11 Å². The average molecular weight is 273 g/mol. The van der Waals surface area contributed by atoms with Gasteiger partial charge in [0.05, 0.1) is 22.0 Å². The smallest absolute Gasteiger partial charge is 0.0848 e. The van der Waals surface area contributed by atoms with Crippen LogP contribution in [0.1, 0.15) is 57.8 Å². The second-order valence-corrected chi connectivity index (χ2v) is 5.44. The van der Waals surface area contributed by atoms with Crippen molar-refractivity contribution in [3.8, 4) is 0 Å². The maximum absolute atomic E-state index is 10.7. The van der Waals surface area contributed by atoms with Gasteiger partial charge in [-0.1, -0.05) is 38.3 Å². The van der Waals surface area contributed by atoms with Crippen LogP contribution in [0.5, 0.6) is 0 Å². The molecule has 0 aromatic carbocycles. The van der Waals surface area contributed by atoms with Crippen LogP contribution in [-0.4, -0.2) is 20.5 Å². The Morgan fingerprint density at radius 1 is 1.22 bits per heavy atom. The maximum Gasteiger partial charge on any atom is 0.0848 e. The predicted octanol–water partition coefficient (Wildman–Crippen LogP) is 3.74. The van der Waals surface area contributed by atoms with E-state index in [0.717, 1.165) is 43.6 Å². The van der Waals surface area contributed by atoms with Gasteiger partial charge >= 0.3 is 0 Å². The Morgan fingerprint density at radius 2 is 1.78 bits per heavy atom. The zero-order chi connectivity index (χ0) is 13.8. The van der Waals surface area contributed by atoms with Crippen LogP contribution >= 0.6 is 11.6 Å². The van der Waals surface area contributed by atoms with Crippen molar-refractivity contribution in [2.75, 3.05) is 0 Å². The van der Waals surface area contributed by atoms with Crippen molar-refractivity contribution in [3.63, 3.8) is 0 Å². The number of aromatic nitrogens is 2. The Kier molecular flexibility index (Phi) is 5.67. The summed E-state index contributed by atoms with van der Waals surface area (Å²) in [6.07, 6.45) is 4.18. The highest BCUT2D eigenvalue weighted by molar-refractivity contribution is 6.31. The van der Waals surface area contributed by atoms with Gasteiger partial charge in [-0.05, 0) is 26.7 Å². The fourth-order valence-electron chi connectivity index (χ4n) is 2.58. The molecule has 1 aromatic heterocycles. The van der Waals surface area contributed by atoms with Crippen LogP contribution in [0.25, 0.3) is 0 Å². The highest BCUT2D eigenvalue weighted by atomic mass is 35.5. The molecule has 3 nitrogen and oxygen atoms in total. The highest BCUT2D eigenvalue weighted by Crippen LogP contribution is 2.29. The van der Waals surface area contributed by atoms with Crippen molar-refractivity contribution in [2.45, 2.75) is 71.9 Å². The molecule has 0 aliphatic heterocycles. The fourth-order valence-corrected chi connectivity index (χ4v) is 2.78. The van der Waals surface area contributed by atoms with E-state index in [-0.39, 0.29) is 0 Å². The number of halogens is 1. The Balaban J connectivity index is 2.99. The van der Waals surface area contributed by atoms with Gasteiger partial charge < -0.3 is 5.11 Å². The molecule has 1 rings (SSSR count). The molecule has 18 heavy (non-hydrogen) atoms. The zero-order valence-corrected chi connectivity index (χ0v) is 12.7. The van der Waals surface area contributed by atoms with Crippen LogP contribution in [-0.2, 0) is 13.0 Å². The van der Waals surface area contributed by atoms with E-state index >= 15 is 0 Å². The summed E-state index contributed by atoms with van der Waals surface area (Å²) in [5, 5.41) is 15.8. The van der Waals surface area contributed by atoms with Crippen molar-refractivity contribution in [2.24, 2.45) is 0 Å². The summed E-state index contributed by atoms with van der Waals surface area (Å²) in [6, 6.07) is 0. The monoisotopic (exact) mass is 272 g/mol. The number of aliphatic hydroxyl groups is 1. The van der Waals surface area contributed by atoms with Crippen LogP contribution in [0.3, 0.4) is 0 Å². The summed E-state index contributed by atoms with van der Waals surface area (Å²) in [7, 11) is 0. The van der Waals surface area contributed by atoms with Crippen molar-refractivity contribution in [1.29, 1.82) is 0 Å². The normalized spacial score (nSPS) is 12.1. The minimum Gasteiger partial charge on any atom is -0.389 e. The molecule has 0 amide bonds. The van der Waals surface area contributed by atoms with E-state index in [4.69, 9.17) is 11.6 Å². The van der Waals surface area contributed by atoms with E-state index in [0.29, 0.717) is 11.4 Å². The van der Waals surface area contributed by atoms with Crippen molar-refractivity contribution in [3.05, 3.63) is 16.4 Å². The molecule has 4 heteroatoms. The molecule has 0 bridgehead atoms. The minimum atomic E-state index is -0.646. The van der Waals surface area contributed by atoms with E-state index < -0.39 is 5.60 Å². The van der Waals surface area contributed by atoms with Crippen molar-refractivity contribution >= 4 is 11.6 Å². The van der Waals surface area contributed by atoms with Crippen LogP contribution in [0.4, 0.5) is 0 Å². The molecule has 1 aromatic rings. The number of nitrogens with zero attached hydrogens (tertiary/aromatic N) is 2. The van der Waals surface area contributed by atoms with Gasteiger partial charge in [-0.25, -0.2) is 0 Å². The van der Waals surface area contributed by atoms with E-state index in [1.54, 1.807) is 0 Å². The average Bonchev–Trinajstić information content (AvgIpc) is 2.57. The zero-order valence-electron chi connectivity index (χ0n) is 12.0. The first kappa shape index (κ1) is 15.5. The molecular formula is C14H25ClN2O. The molecule has 0 spiro atoms. The molecule has 0 fully saturated rings. The summed E-state index contributed by atoms with van der Waals surface area (Å²) in [4.78, 5) is 0. The highest BCUT2D eigenvalue weighted by Gasteiger charge is 2.28. The lowest BCUT2D eigenvalue weighted by Crippen LogP contribution is -2.32. The molecule has 0 atom stereocenters. The summed E-state index contributed by atoms with van der Waals surface area (Å²) < 4.78 is 1.91. The third-order valence-electron chi connectivity index (χ3n) is 3.38. The number of aryl methyl sites for hydroxylation is 2. The lowest BCUT2D eigenvalue weighted by Gasteiger charge is -2.28. The predicted molar refractivity (Wildman–Crippen MR) is 76.1 cm³/mol. The molecule has 0 unspecified atom stereocenters. The molecule has 0 radical (unpaired) electrons. The first-order valence-electron chi connectivity index (χ1n) is 6.91. The largest absolute Gasteiger partial charge is 0.389 e.